The van der Waals surface area contributed by atoms with E-state index in [1.165, 1.54) is 0 Å². The zero-order valence-corrected chi connectivity index (χ0v) is 13.6. The molecule has 0 spiro atoms. The van der Waals surface area contributed by atoms with Gasteiger partial charge in [-0.3, -0.25) is 14.9 Å². The Labute approximate surface area is 141 Å². The van der Waals surface area contributed by atoms with Gasteiger partial charge in [-0.25, -0.2) is 0 Å². The number of carbonyl (C=O) groups excluding carboxylic acids is 1. The predicted molar refractivity (Wildman–Crippen MR) is 92.3 cm³/mol. The molecule has 1 atom stereocenters. The maximum absolute atomic E-state index is 12.4. The smallest absolute Gasteiger partial charge is 0.221 e. The van der Waals surface area contributed by atoms with Gasteiger partial charge in [-0.2, -0.15) is 5.10 Å². The van der Waals surface area contributed by atoms with Crippen molar-refractivity contribution in [3.8, 4) is 0 Å². The van der Waals surface area contributed by atoms with Gasteiger partial charge in [-0.05, 0) is 47.7 Å². The molecular formula is C19H20N4O. The molecule has 0 radical (unpaired) electrons. The second-order valence-corrected chi connectivity index (χ2v) is 5.74. The molecule has 0 aliphatic rings. The van der Waals surface area contributed by atoms with Crippen LogP contribution in [-0.4, -0.2) is 21.1 Å². The van der Waals surface area contributed by atoms with Gasteiger partial charge in [0.2, 0.25) is 5.91 Å². The van der Waals surface area contributed by atoms with Crippen molar-refractivity contribution in [3.05, 3.63) is 83.4 Å². The maximum atomic E-state index is 12.4. The number of benzene rings is 1. The Morgan fingerprint density at radius 3 is 2.71 bits per heavy atom. The van der Waals surface area contributed by atoms with E-state index in [0.29, 0.717) is 12.8 Å². The zero-order chi connectivity index (χ0) is 16.8. The topological polar surface area (TPSA) is 70.7 Å². The number of hydrogen-bond donors (Lipinski definition) is 2. The molecule has 3 aromatic rings. The summed E-state index contributed by atoms with van der Waals surface area (Å²) >= 11 is 0. The number of carbonyl (C=O) groups is 1. The van der Waals surface area contributed by atoms with Crippen molar-refractivity contribution in [2.24, 2.45) is 0 Å². The molecule has 0 saturated heterocycles. The standard InChI is InChI=1S/C19H20N4O/c1-14-4-2-3-5-17(14)19(16-8-10-20-11-9-16)23-18(24)7-6-15-12-21-22-13-15/h2-5,8-13,19H,6-7H2,1H3,(H,21,22)(H,23,24). The maximum Gasteiger partial charge on any atom is 0.221 e. The summed E-state index contributed by atoms with van der Waals surface area (Å²) in [4.78, 5) is 16.5. The van der Waals surface area contributed by atoms with Crippen molar-refractivity contribution in [3.63, 3.8) is 0 Å². The second-order valence-electron chi connectivity index (χ2n) is 5.74. The van der Waals surface area contributed by atoms with E-state index in [1.54, 1.807) is 18.6 Å². The first kappa shape index (κ1) is 15.9. The van der Waals surface area contributed by atoms with Crippen LogP contribution < -0.4 is 5.32 Å². The molecule has 1 amide bonds. The Balaban J connectivity index is 1.78. The lowest BCUT2D eigenvalue weighted by Crippen LogP contribution is -2.30. The lowest BCUT2D eigenvalue weighted by atomic mass is 9.95. The van der Waals surface area contributed by atoms with Crippen molar-refractivity contribution in [2.75, 3.05) is 0 Å². The predicted octanol–water partition coefficient (Wildman–Crippen LogP) is 2.95. The minimum atomic E-state index is -0.175. The lowest BCUT2D eigenvalue weighted by molar-refractivity contribution is -0.121. The van der Waals surface area contributed by atoms with Crippen LogP contribution in [0, 0.1) is 6.92 Å². The van der Waals surface area contributed by atoms with Gasteiger partial charge in [0.25, 0.3) is 0 Å². The molecule has 2 aromatic heterocycles. The first-order valence-corrected chi connectivity index (χ1v) is 7.96. The average molecular weight is 320 g/mol. The molecule has 122 valence electrons. The third-order valence-electron chi connectivity index (χ3n) is 4.04. The first-order chi connectivity index (χ1) is 11.7. The SMILES string of the molecule is Cc1ccccc1C(NC(=O)CCc1cn[nH]c1)c1ccncc1. The normalized spacial score (nSPS) is 11.9. The molecule has 2 heterocycles. The molecule has 3 rings (SSSR count). The number of pyridine rings is 1. The molecule has 0 aliphatic heterocycles. The van der Waals surface area contributed by atoms with E-state index < -0.39 is 0 Å². The number of rotatable bonds is 6. The Hall–Kier alpha value is -2.95. The summed E-state index contributed by atoms with van der Waals surface area (Å²) in [7, 11) is 0. The van der Waals surface area contributed by atoms with Gasteiger partial charge < -0.3 is 5.32 Å². The molecule has 24 heavy (non-hydrogen) atoms. The van der Waals surface area contributed by atoms with Crippen LogP contribution in [-0.2, 0) is 11.2 Å². The van der Waals surface area contributed by atoms with Gasteiger partial charge in [-0.1, -0.05) is 24.3 Å². The number of H-pyrrole nitrogens is 1. The molecule has 1 unspecified atom stereocenters. The van der Waals surface area contributed by atoms with E-state index >= 15 is 0 Å². The molecule has 0 fully saturated rings. The monoisotopic (exact) mass is 320 g/mol. The molecule has 0 aliphatic carbocycles. The minimum Gasteiger partial charge on any atom is -0.345 e. The van der Waals surface area contributed by atoms with E-state index in [4.69, 9.17) is 0 Å². The highest BCUT2D eigenvalue weighted by Gasteiger charge is 2.18. The van der Waals surface area contributed by atoms with Crippen molar-refractivity contribution in [1.82, 2.24) is 20.5 Å². The van der Waals surface area contributed by atoms with Crippen molar-refractivity contribution in [1.29, 1.82) is 0 Å². The van der Waals surface area contributed by atoms with Crippen LogP contribution in [0.1, 0.15) is 34.7 Å². The molecule has 0 bridgehead atoms. The summed E-state index contributed by atoms with van der Waals surface area (Å²) < 4.78 is 0. The minimum absolute atomic E-state index is 0.0151. The van der Waals surface area contributed by atoms with Crippen molar-refractivity contribution in [2.45, 2.75) is 25.8 Å². The van der Waals surface area contributed by atoms with E-state index in [-0.39, 0.29) is 11.9 Å². The fourth-order valence-corrected chi connectivity index (χ4v) is 2.71. The fourth-order valence-electron chi connectivity index (χ4n) is 2.71. The average Bonchev–Trinajstić information content (AvgIpc) is 3.13. The van der Waals surface area contributed by atoms with E-state index in [9.17, 15) is 4.79 Å². The third kappa shape index (κ3) is 3.87. The summed E-state index contributed by atoms with van der Waals surface area (Å²) in [6, 6.07) is 11.8. The van der Waals surface area contributed by atoms with E-state index in [2.05, 4.69) is 39.6 Å². The van der Waals surface area contributed by atoms with Gasteiger partial charge >= 0.3 is 0 Å². The van der Waals surface area contributed by atoms with Crippen LogP contribution in [0.5, 0.6) is 0 Å². The van der Waals surface area contributed by atoms with Crippen LogP contribution in [0.4, 0.5) is 0 Å². The van der Waals surface area contributed by atoms with Crippen LogP contribution in [0.25, 0.3) is 0 Å². The van der Waals surface area contributed by atoms with Crippen LogP contribution in [0.15, 0.2) is 61.2 Å². The molecule has 2 N–H and O–H groups in total. The largest absolute Gasteiger partial charge is 0.345 e. The number of nitrogens with one attached hydrogen (secondary N) is 2. The highest BCUT2D eigenvalue weighted by atomic mass is 16.1. The lowest BCUT2D eigenvalue weighted by Gasteiger charge is -2.21. The number of amides is 1. The Morgan fingerprint density at radius 1 is 1.21 bits per heavy atom. The first-order valence-electron chi connectivity index (χ1n) is 7.96. The summed E-state index contributed by atoms with van der Waals surface area (Å²) in [5.74, 6) is 0.0151. The summed E-state index contributed by atoms with van der Waals surface area (Å²) in [6.07, 6.45) is 8.15. The van der Waals surface area contributed by atoms with Crippen LogP contribution >= 0.6 is 0 Å². The molecule has 0 saturated carbocycles. The Kier molecular flexibility index (Phi) is 5.01. The number of aromatic nitrogens is 3. The van der Waals surface area contributed by atoms with Gasteiger partial charge in [0.15, 0.2) is 0 Å². The molecule has 5 heteroatoms. The van der Waals surface area contributed by atoms with Gasteiger partial charge in [0.05, 0.1) is 12.2 Å². The number of hydrogen-bond acceptors (Lipinski definition) is 3. The quantitative estimate of drug-likeness (QED) is 0.733. The third-order valence-corrected chi connectivity index (χ3v) is 4.04. The van der Waals surface area contributed by atoms with E-state index in [0.717, 1.165) is 22.3 Å². The van der Waals surface area contributed by atoms with Gasteiger partial charge in [0.1, 0.15) is 0 Å². The van der Waals surface area contributed by atoms with Crippen LogP contribution in [0.2, 0.25) is 0 Å². The van der Waals surface area contributed by atoms with Crippen molar-refractivity contribution < 1.29 is 4.79 Å². The zero-order valence-electron chi connectivity index (χ0n) is 13.6. The summed E-state index contributed by atoms with van der Waals surface area (Å²) in [5.41, 5.74) is 4.30. The van der Waals surface area contributed by atoms with E-state index in [1.807, 2.05) is 30.5 Å². The number of aromatic amines is 1. The Morgan fingerprint density at radius 2 is 2.00 bits per heavy atom. The second kappa shape index (κ2) is 7.55. The Bertz CT molecular complexity index is 784. The molecule has 5 nitrogen and oxygen atoms in total. The highest BCUT2D eigenvalue weighted by molar-refractivity contribution is 5.77. The fraction of sp³-hybridized carbons (Fsp3) is 0.211. The van der Waals surface area contributed by atoms with Crippen LogP contribution in [0.3, 0.4) is 0 Å². The van der Waals surface area contributed by atoms with Gasteiger partial charge in [0, 0.05) is 25.0 Å². The molecular weight excluding hydrogens is 300 g/mol. The summed E-state index contributed by atoms with van der Waals surface area (Å²) in [6.45, 7) is 2.06. The van der Waals surface area contributed by atoms with Gasteiger partial charge in [-0.15, -0.1) is 0 Å². The molecule has 1 aromatic carbocycles. The number of aryl methyl sites for hydroxylation is 2. The van der Waals surface area contributed by atoms with Crippen molar-refractivity contribution >= 4 is 5.91 Å². The highest BCUT2D eigenvalue weighted by Crippen LogP contribution is 2.24. The number of nitrogens with zero attached hydrogens (tertiary/aromatic N) is 2. The summed E-state index contributed by atoms with van der Waals surface area (Å²) in [5, 5.41) is 9.82.